The zero-order valence-corrected chi connectivity index (χ0v) is 15.1. The normalized spacial score (nSPS) is 9.96. The number of para-hydroxylation sites is 1. The molecule has 0 radical (unpaired) electrons. The highest BCUT2D eigenvalue weighted by Gasteiger charge is 2.13. The molecule has 7 heteroatoms. The van der Waals surface area contributed by atoms with E-state index < -0.39 is 17.8 Å². The number of hydrazine groups is 1. The fraction of sp³-hybridized carbons (Fsp3) is 0.250. The van der Waals surface area contributed by atoms with E-state index in [0.717, 1.165) is 5.56 Å². The minimum atomic E-state index is -0.508. The predicted octanol–water partition coefficient (Wildman–Crippen LogP) is 2.02. The van der Waals surface area contributed by atoms with Gasteiger partial charge in [-0.05, 0) is 17.7 Å². The van der Waals surface area contributed by atoms with Crippen molar-refractivity contribution in [1.29, 1.82) is 0 Å². The van der Waals surface area contributed by atoms with E-state index in [1.165, 1.54) is 7.11 Å². The summed E-state index contributed by atoms with van der Waals surface area (Å²) in [5.74, 6) is -1.06. The average Bonchev–Trinajstić information content (AvgIpc) is 2.71. The summed E-state index contributed by atoms with van der Waals surface area (Å²) in [6.45, 7) is 0.259. The summed E-state index contributed by atoms with van der Waals surface area (Å²) in [4.78, 5) is 35.5. The summed E-state index contributed by atoms with van der Waals surface area (Å²) in [5.41, 5.74) is 5.92. The van der Waals surface area contributed by atoms with Gasteiger partial charge < -0.3 is 9.47 Å². The fourth-order valence-electron chi connectivity index (χ4n) is 2.30. The summed E-state index contributed by atoms with van der Waals surface area (Å²) in [7, 11) is 1.45. The van der Waals surface area contributed by atoms with E-state index in [1.807, 2.05) is 30.3 Å². The van der Waals surface area contributed by atoms with Crippen molar-refractivity contribution in [3.8, 4) is 5.75 Å². The van der Waals surface area contributed by atoms with Crippen LogP contribution in [0.1, 0.15) is 28.8 Å². The van der Waals surface area contributed by atoms with Crippen LogP contribution in [0.25, 0.3) is 0 Å². The Balaban J connectivity index is 1.65. The van der Waals surface area contributed by atoms with Gasteiger partial charge in [-0.1, -0.05) is 42.5 Å². The first-order chi connectivity index (χ1) is 13.1. The number of carbonyl (C=O) groups excluding carboxylic acids is 3. The third kappa shape index (κ3) is 6.81. The molecular formula is C20H22N2O5. The Morgan fingerprint density at radius 3 is 2.33 bits per heavy atom. The molecule has 0 atom stereocenters. The number of nitrogens with one attached hydrogen (secondary N) is 2. The maximum Gasteiger partial charge on any atom is 0.306 e. The topological polar surface area (TPSA) is 93.7 Å². The Hall–Kier alpha value is -3.35. The van der Waals surface area contributed by atoms with Gasteiger partial charge in [-0.2, -0.15) is 0 Å². The van der Waals surface area contributed by atoms with Crippen LogP contribution in [0.15, 0.2) is 54.6 Å². The molecule has 2 aromatic rings. The van der Waals surface area contributed by atoms with Crippen LogP contribution in [0, 0.1) is 0 Å². The molecule has 2 N–H and O–H groups in total. The Labute approximate surface area is 157 Å². The van der Waals surface area contributed by atoms with Crippen molar-refractivity contribution >= 4 is 17.8 Å². The van der Waals surface area contributed by atoms with E-state index in [-0.39, 0.29) is 19.4 Å². The van der Waals surface area contributed by atoms with Crippen LogP contribution < -0.4 is 15.6 Å². The quantitative estimate of drug-likeness (QED) is 0.548. The van der Waals surface area contributed by atoms with E-state index in [1.54, 1.807) is 24.3 Å². The summed E-state index contributed by atoms with van der Waals surface area (Å²) in [6, 6.07) is 16.3. The van der Waals surface area contributed by atoms with Crippen molar-refractivity contribution in [2.75, 3.05) is 13.7 Å². The number of rotatable bonds is 8. The zero-order chi connectivity index (χ0) is 19.5. The van der Waals surface area contributed by atoms with Crippen LogP contribution >= 0.6 is 0 Å². The molecule has 0 aromatic heterocycles. The first-order valence-electron chi connectivity index (χ1n) is 8.52. The van der Waals surface area contributed by atoms with Crippen LogP contribution in [0.5, 0.6) is 5.75 Å². The summed E-state index contributed by atoms with van der Waals surface area (Å²) < 4.78 is 10.2. The number of benzene rings is 2. The van der Waals surface area contributed by atoms with Crippen LogP contribution in [0.3, 0.4) is 0 Å². The van der Waals surface area contributed by atoms with Crippen LogP contribution in [0.4, 0.5) is 0 Å². The van der Waals surface area contributed by atoms with Crippen LogP contribution in [-0.2, 0) is 20.7 Å². The molecule has 0 aliphatic heterocycles. The first kappa shape index (κ1) is 20.0. The van der Waals surface area contributed by atoms with Gasteiger partial charge in [-0.3, -0.25) is 25.2 Å². The second-order valence-electron chi connectivity index (χ2n) is 5.66. The maximum absolute atomic E-state index is 12.0. The summed E-state index contributed by atoms with van der Waals surface area (Å²) in [6.07, 6.45) is 0.468. The Bertz CT molecular complexity index is 777. The van der Waals surface area contributed by atoms with Gasteiger partial charge in [0.1, 0.15) is 5.75 Å². The van der Waals surface area contributed by atoms with Gasteiger partial charge in [-0.25, -0.2) is 0 Å². The van der Waals surface area contributed by atoms with Crippen LogP contribution in [-0.4, -0.2) is 31.5 Å². The molecule has 27 heavy (non-hydrogen) atoms. The molecule has 2 amide bonds. The molecular weight excluding hydrogens is 348 g/mol. The lowest BCUT2D eigenvalue weighted by atomic mass is 10.2. The molecule has 7 nitrogen and oxygen atoms in total. The largest absolute Gasteiger partial charge is 0.496 e. The molecule has 0 heterocycles. The van der Waals surface area contributed by atoms with E-state index in [0.29, 0.717) is 17.7 Å². The highest BCUT2D eigenvalue weighted by atomic mass is 16.5. The van der Waals surface area contributed by atoms with Gasteiger partial charge in [0.25, 0.3) is 5.91 Å². The first-order valence-corrected chi connectivity index (χ1v) is 8.52. The molecule has 0 aliphatic carbocycles. The third-order valence-electron chi connectivity index (χ3n) is 3.72. The standard InChI is InChI=1S/C20H22N2O5/c1-26-17-10-6-5-9-16(17)20(25)22-21-18(23)11-12-19(24)27-14-13-15-7-3-2-4-8-15/h2-10H,11-14H2,1H3,(H,21,23)(H,22,25). The molecule has 2 rings (SSSR count). The molecule has 0 bridgehead atoms. The Morgan fingerprint density at radius 1 is 0.889 bits per heavy atom. The highest BCUT2D eigenvalue weighted by Crippen LogP contribution is 2.16. The SMILES string of the molecule is COc1ccccc1C(=O)NNC(=O)CCC(=O)OCCc1ccccc1. The Morgan fingerprint density at radius 2 is 1.59 bits per heavy atom. The molecule has 0 unspecified atom stereocenters. The second-order valence-corrected chi connectivity index (χ2v) is 5.66. The molecule has 0 spiro atoms. The molecule has 0 fully saturated rings. The lowest BCUT2D eigenvalue weighted by molar-refractivity contribution is -0.144. The molecule has 0 aliphatic rings. The van der Waals surface area contributed by atoms with Crippen molar-refractivity contribution < 1.29 is 23.9 Å². The summed E-state index contributed by atoms with van der Waals surface area (Å²) >= 11 is 0. The van der Waals surface area contributed by atoms with Crippen molar-refractivity contribution in [3.05, 3.63) is 65.7 Å². The lowest BCUT2D eigenvalue weighted by Gasteiger charge is -2.10. The maximum atomic E-state index is 12.0. The fourth-order valence-corrected chi connectivity index (χ4v) is 2.30. The van der Waals surface area contributed by atoms with Crippen molar-refractivity contribution in [3.63, 3.8) is 0 Å². The van der Waals surface area contributed by atoms with Crippen LogP contribution in [0.2, 0.25) is 0 Å². The van der Waals surface area contributed by atoms with E-state index in [4.69, 9.17) is 9.47 Å². The van der Waals surface area contributed by atoms with Gasteiger partial charge in [0.05, 0.1) is 25.7 Å². The number of carbonyl (C=O) groups is 3. The number of amides is 2. The molecule has 0 saturated carbocycles. The van der Waals surface area contributed by atoms with Crippen molar-refractivity contribution in [2.24, 2.45) is 0 Å². The smallest absolute Gasteiger partial charge is 0.306 e. The lowest BCUT2D eigenvalue weighted by Crippen LogP contribution is -2.41. The number of hydrogen-bond donors (Lipinski definition) is 2. The predicted molar refractivity (Wildman–Crippen MR) is 98.9 cm³/mol. The monoisotopic (exact) mass is 370 g/mol. The van der Waals surface area contributed by atoms with Gasteiger partial charge in [0.2, 0.25) is 5.91 Å². The molecule has 2 aromatic carbocycles. The molecule has 142 valence electrons. The average molecular weight is 370 g/mol. The third-order valence-corrected chi connectivity index (χ3v) is 3.72. The summed E-state index contributed by atoms with van der Waals surface area (Å²) in [5, 5.41) is 0. The highest BCUT2D eigenvalue weighted by molar-refractivity contribution is 5.97. The van der Waals surface area contributed by atoms with E-state index >= 15 is 0 Å². The van der Waals surface area contributed by atoms with Gasteiger partial charge in [0.15, 0.2) is 0 Å². The minimum Gasteiger partial charge on any atom is -0.496 e. The minimum absolute atomic E-state index is 0.0643. The van der Waals surface area contributed by atoms with Gasteiger partial charge in [0, 0.05) is 12.8 Å². The van der Waals surface area contributed by atoms with Gasteiger partial charge >= 0.3 is 5.97 Å². The van der Waals surface area contributed by atoms with Gasteiger partial charge in [-0.15, -0.1) is 0 Å². The van der Waals surface area contributed by atoms with Crippen molar-refractivity contribution in [1.82, 2.24) is 10.9 Å². The second kappa shape index (κ2) is 10.6. The van der Waals surface area contributed by atoms with E-state index in [2.05, 4.69) is 10.9 Å². The Kier molecular flexibility index (Phi) is 7.84. The zero-order valence-electron chi connectivity index (χ0n) is 15.1. The number of hydrogen-bond acceptors (Lipinski definition) is 5. The van der Waals surface area contributed by atoms with Crippen molar-refractivity contribution in [2.45, 2.75) is 19.3 Å². The number of esters is 1. The molecule has 0 saturated heterocycles. The van der Waals surface area contributed by atoms with E-state index in [9.17, 15) is 14.4 Å². The number of ether oxygens (including phenoxy) is 2. The number of methoxy groups -OCH3 is 1.